The average molecular weight is 377 g/mol. The van der Waals surface area contributed by atoms with E-state index < -0.39 is 11.7 Å². The van der Waals surface area contributed by atoms with E-state index in [9.17, 15) is 9.18 Å². The normalized spacial score (nSPS) is 10.4. The predicted molar refractivity (Wildman–Crippen MR) is 96.1 cm³/mol. The van der Waals surface area contributed by atoms with Crippen LogP contribution >= 0.6 is 23.2 Å². The maximum atomic E-state index is 13.7. The maximum Gasteiger partial charge on any atom is 0.274 e. The number of rotatable bonds is 4. The van der Waals surface area contributed by atoms with Gasteiger partial charge in [-0.1, -0.05) is 41.4 Å². The summed E-state index contributed by atoms with van der Waals surface area (Å²) < 4.78 is 13.7. The number of para-hydroxylation sites is 1. The van der Waals surface area contributed by atoms with Gasteiger partial charge in [0, 0.05) is 6.20 Å². The van der Waals surface area contributed by atoms with Crippen molar-refractivity contribution in [2.45, 2.75) is 0 Å². The molecule has 0 aliphatic rings. The number of aromatic nitrogens is 2. The van der Waals surface area contributed by atoms with Crippen LogP contribution in [0.25, 0.3) is 0 Å². The van der Waals surface area contributed by atoms with Crippen LogP contribution in [0, 0.1) is 5.82 Å². The number of nitrogens with zero attached hydrogens (tertiary/aromatic N) is 2. The number of benzene rings is 2. The molecular weight excluding hydrogens is 366 g/mol. The summed E-state index contributed by atoms with van der Waals surface area (Å²) in [5.74, 6) is -0.857. The van der Waals surface area contributed by atoms with Crippen LogP contribution in [0.1, 0.15) is 10.5 Å². The van der Waals surface area contributed by atoms with Crippen molar-refractivity contribution < 1.29 is 9.18 Å². The monoisotopic (exact) mass is 376 g/mol. The van der Waals surface area contributed by atoms with Crippen LogP contribution in [-0.4, -0.2) is 15.9 Å². The van der Waals surface area contributed by atoms with Crippen molar-refractivity contribution >= 4 is 46.4 Å². The minimum atomic E-state index is -0.497. The zero-order chi connectivity index (χ0) is 17.8. The van der Waals surface area contributed by atoms with Gasteiger partial charge in [-0.15, -0.1) is 0 Å². The second kappa shape index (κ2) is 7.46. The Morgan fingerprint density at radius 2 is 1.76 bits per heavy atom. The van der Waals surface area contributed by atoms with Gasteiger partial charge in [-0.25, -0.2) is 14.4 Å². The number of amides is 1. The first-order valence-electron chi connectivity index (χ1n) is 7.14. The minimum absolute atomic E-state index is 0.0879. The summed E-state index contributed by atoms with van der Waals surface area (Å²) in [5.41, 5.74) is 0.657. The van der Waals surface area contributed by atoms with E-state index in [4.69, 9.17) is 23.2 Å². The second-order valence-electron chi connectivity index (χ2n) is 4.93. The van der Waals surface area contributed by atoms with Gasteiger partial charge in [-0.3, -0.25) is 4.79 Å². The van der Waals surface area contributed by atoms with Crippen molar-refractivity contribution in [2.75, 3.05) is 10.6 Å². The highest BCUT2D eigenvalue weighted by atomic mass is 35.5. The maximum absolute atomic E-state index is 13.7. The Hall–Kier alpha value is -2.70. The number of carbonyl (C=O) groups is 1. The van der Waals surface area contributed by atoms with Gasteiger partial charge in [0.1, 0.15) is 11.5 Å². The van der Waals surface area contributed by atoms with E-state index in [1.807, 2.05) is 0 Å². The number of halogens is 3. The fourth-order valence-corrected chi connectivity index (χ4v) is 2.36. The summed E-state index contributed by atoms with van der Waals surface area (Å²) in [6.45, 7) is 0. The first-order chi connectivity index (χ1) is 12.0. The molecule has 8 heteroatoms. The van der Waals surface area contributed by atoms with Crippen molar-refractivity contribution in [3.05, 3.63) is 76.3 Å². The van der Waals surface area contributed by atoms with Crippen LogP contribution in [0.3, 0.4) is 0 Å². The SMILES string of the molecule is O=C(Nc1cccc(Cl)c1Cl)c1ccnc(Nc2ccccc2F)n1. The molecule has 126 valence electrons. The van der Waals surface area contributed by atoms with Crippen LogP contribution in [0.5, 0.6) is 0 Å². The molecule has 0 bridgehead atoms. The zero-order valence-corrected chi connectivity index (χ0v) is 14.1. The van der Waals surface area contributed by atoms with Gasteiger partial charge < -0.3 is 10.6 Å². The summed E-state index contributed by atoms with van der Waals surface area (Å²) in [7, 11) is 0. The van der Waals surface area contributed by atoms with E-state index in [0.29, 0.717) is 10.7 Å². The fourth-order valence-electron chi connectivity index (χ4n) is 2.02. The molecule has 0 saturated carbocycles. The molecule has 5 nitrogen and oxygen atoms in total. The number of carbonyl (C=O) groups excluding carboxylic acids is 1. The number of nitrogens with one attached hydrogen (secondary N) is 2. The van der Waals surface area contributed by atoms with E-state index in [0.717, 1.165) is 0 Å². The summed E-state index contributed by atoms with van der Waals surface area (Å²) in [4.78, 5) is 20.4. The van der Waals surface area contributed by atoms with Crippen molar-refractivity contribution in [2.24, 2.45) is 0 Å². The molecule has 0 aliphatic heterocycles. The highest BCUT2D eigenvalue weighted by Gasteiger charge is 2.13. The molecule has 25 heavy (non-hydrogen) atoms. The summed E-state index contributed by atoms with van der Waals surface area (Å²) in [6.07, 6.45) is 1.39. The first-order valence-corrected chi connectivity index (χ1v) is 7.90. The van der Waals surface area contributed by atoms with Crippen molar-refractivity contribution in [1.82, 2.24) is 9.97 Å². The quantitative estimate of drug-likeness (QED) is 0.678. The third kappa shape index (κ3) is 4.04. The molecule has 0 aliphatic carbocycles. The molecule has 2 N–H and O–H groups in total. The molecule has 0 unspecified atom stereocenters. The summed E-state index contributed by atoms with van der Waals surface area (Å²) in [5, 5.41) is 5.91. The van der Waals surface area contributed by atoms with Gasteiger partial charge >= 0.3 is 0 Å². The molecule has 1 aromatic heterocycles. The lowest BCUT2D eigenvalue weighted by Gasteiger charge is -2.09. The molecule has 1 heterocycles. The Kier molecular flexibility index (Phi) is 5.11. The van der Waals surface area contributed by atoms with Gasteiger partial charge in [0.05, 0.1) is 21.4 Å². The molecule has 0 radical (unpaired) electrons. The van der Waals surface area contributed by atoms with E-state index in [-0.39, 0.29) is 22.4 Å². The lowest BCUT2D eigenvalue weighted by atomic mass is 10.3. The third-order valence-corrected chi connectivity index (χ3v) is 4.03. The molecule has 0 fully saturated rings. The predicted octanol–water partition coefficient (Wildman–Crippen LogP) is 4.92. The number of hydrogen-bond acceptors (Lipinski definition) is 4. The first kappa shape index (κ1) is 17.1. The highest BCUT2D eigenvalue weighted by Crippen LogP contribution is 2.29. The molecule has 2 aromatic carbocycles. The van der Waals surface area contributed by atoms with Gasteiger partial charge in [-0.2, -0.15) is 0 Å². The summed E-state index contributed by atoms with van der Waals surface area (Å²) >= 11 is 12.0. The molecule has 3 rings (SSSR count). The van der Waals surface area contributed by atoms with Crippen LogP contribution in [0.4, 0.5) is 21.7 Å². The van der Waals surface area contributed by atoms with Gasteiger partial charge in [0.2, 0.25) is 5.95 Å². The van der Waals surface area contributed by atoms with Gasteiger partial charge in [0.15, 0.2) is 0 Å². The zero-order valence-electron chi connectivity index (χ0n) is 12.6. The lowest BCUT2D eigenvalue weighted by Crippen LogP contribution is -2.15. The average Bonchev–Trinajstić information content (AvgIpc) is 2.61. The molecule has 1 amide bonds. The molecular formula is C17H11Cl2FN4O. The minimum Gasteiger partial charge on any atom is -0.322 e. The van der Waals surface area contributed by atoms with Gasteiger partial charge in [0.25, 0.3) is 5.91 Å². The van der Waals surface area contributed by atoms with Crippen LogP contribution < -0.4 is 10.6 Å². The van der Waals surface area contributed by atoms with E-state index in [2.05, 4.69) is 20.6 Å². The Bertz CT molecular complexity index is 936. The molecule has 0 spiro atoms. The molecule has 3 aromatic rings. The highest BCUT2D eigenvalue weighted by molar-refractivity contribution is 6.44. The topological polar surface area (TPSA) is 66.9 Å². The smallest absolute Gasteiger partial charge is 0.274 e. The largest absolute Gasteiger partial charge is 0.322 e. The van der Waals surface area contributed by atoms with Crippen LogP contribution in [0.2, 0.25) is 10.0 Å². The van der Waals surface area contributed by atoms with Crippen LogP contribution in [-0.2, 0) is 0 Å². The lowest BCUT2D eigenvalue weighted by molar-refractivity contribution is 0.102. The van der Waals surface area contributed by atoms with Crippen molar-refractivity contribution in [1.29, 1.82) is 0 Å². The van der Waals surface area contributed by atoms with Gasteiger partial charge in [-0.05, 0) is 30.3 Å². The third-order valence-electron chi connectivity index (χ3n) is 3.21. The summed E-state index contributed by atoms with van der Waals surface area (Å²) in [6, 6.07) is 12.4. The van der Waals surface area contributed by atoms with Crippen molar-refractivity contribution in [3.8, 4) is 0 Å². The molecule has 0 atom stereocenters. The van der Waals surface area contributed by atoms with E-state index in [1.165, 1.54) is 24.4 Å². The van der Waals surface area contributed by atoms with Crippen LogP contribution in [0.15, 0.2) is 54.7 Å². The Labute approximate surface area is 152 Å². The standard InChI is InChI=1S/C17H11Cl2FN4O/c18-10-4-3-7-13(15(10)19)22-16(25)14-8-9-21-17(24-14)23-12-6-2-1-5-11(12)20/h1-9H,(H,22,25)(H,21,23,24). The Balaban J connectivity index is 1.80. The molecule has 0 saturated heterocycles. The van der Waals surface area contributed by atoms with Crippen molar-refractivity contribution in [3.63, 3.8) is 0 Å². The van der Waals surface area contributed by atoms with E-state index >= 15 is 0 Å². The Morgan fingerprint density at radius 3 is 2.56 bits per heavy atom. The fraction of sp³-hybridized carbons (Fsp3) is 0. The number of hydrogen-bond donors (Lipinski definition) is 2. The Morgan fingerprint density at radius 1 is 1.00 bits per heavy atom. The number of anilines is 3. The second-order valence-corrected chi connectivity index (χ2v) is 5.71. The van der Waals surface area contributed by atoms with E-state index in [1.54, 1.807) is 30.3 Å².